The van der Waals surface area contributed by atoms with Crippen LogP contribution in [-0.2, 0) is 0 Å². The molecule has 2 rings (SSSR count). The maximum Gasteiger partial charge on any atom is 0.205 e. The van der Waals surface area contributed by atoms with E-state index in [2.05, 4.69) is 11.8 Å². The first kappa shape index (κ1) is 16.9. The third kappa shape index (κ3) is 5.06. The number of carbonyl (C=O) groups excluding carboxylic acids is 1. The summed E-state index contributed by atoms with van der Waals surface area (Å²) >= 11 is 6.18. The normalized spacial score (nSPS) is 15.7. The van der Waals surface area contributed by atoms with Crippen molar-refractivity contribution in [2.24, 2.45) is 0 Å². The minimum Gasteiger partial charge on any atom is -0.494 e. The van der Waals surface area contributed by atoms with Crippen molar-refractivity contribution in [1.29, 1.82) is 0 Å². The maximum atomic E-state index is 12.3. The number of ketones is 1. The molecule has 1 aromatic rings. The van der Waals surface area contributed by atoms with Gasteiger partial charge in [0.15, 0.2) is 0 Å². The van der Waals surface area contributed by atoms with E-state index in [0.29, 0.717) is 12.2 Å². The second-order valence-electron chi connectivity index (χ2n) is 5.63. The van der Waals surface area contributed by atoms with E-state index in [1.807, 2.05) is 12.1 Å². The van der Waals surface area contributed by atoms with Gasteiger partial charge < -0.3 is 9.64 Å². The van der Waals surface area contributed by atoms with E-state index in [1.165, 1.54) is 19.3 Å². The number of likely N-dealkylation sites (tertiary alicyclic amines) is 1. The number of rotatable bonds is 7. The van der Waals surface area contributed by atoms with E-state index >= 15 is 0 Å². The Kier molecular flexibility index (Phi) is 6.78. The Labute approximate surface area is 137 Å². The second kappa shape index (κ2) is 8.84. The summed E-state index contributed by atoms with van der Waals surface area (Å²) in [5, 5.41) is 0.279. The molecule has 1 heterocycles. The predicted molar refractivity (Wildman–Crippen MR) is 90.5 cm³/mol. The molecular weight excluding hydrogens is 298 g/mol. The summed E-state index contributed by atoms with van der Waals surface area (Å²) in [5.41, 5.74) is 0.598. The number of piperidine rings is 1. The molecule has 1 saturated heterocycles. The molecule has 0 amide bonds. The predicted octanol–water partition coefficient (Wildman–Crippen LogP) is 4.61. The van der Waals surface area contributed by atoms with Crippen LogP contribution in [-0.4, -0.2) is 30.4 Å². The van der Waals surface area contributed by atoms with Gasteiger partial charge in [-0.3, -0.25) is 4.79 Å². The minimum atomic E-state index is -0.132. The van der Waals surface area contributed by atoms with Gasteiger partial charge in [-0.25, -0.2) is 0 Å². The molecule has 4 heteroatoms. The molecule has 22 heavy (non-hydrogen) atoms. The van der Waals surface area contributed by atoms with Crippen LogP contribution in [0.3, 0.4) is 0 Å². The van der Waals surface area contributed by atoms with Gasteiger partial charge in [0.05, 0.1) is 6.61 Å². The fraction of sp³-hybridized carbons (Fsp3) is 0.500. The lowest BCUT2D eigenvalue weighted by Gasteiger charge is -2.25. The smallest absolute Gasteiger partial charge is 0.205 e. The molecule has 0 N–H and O–H groups in total. The van der Waals surface area contributed by atoms with E-state index in [-0.39, 0.29) is 10.8 Å². The van der Waals surface area contributed by atoms with Gasteiger partial charge in [0.1, 0.15) is 10.8 Å². The fourth-order valence-corrected chi connectivity index (χ4v) is 2.69. The van der Waals surface area contributed by atoms with E-state index in [0.717, 1.165) is 31.7 Å². The SMILES string of the molecule is CCCCOc1ccc(C(=O)/C(Cl)=C/N2CCCCC2)cc1. The lowest BCUT2D eigenvalue weighted by Crippen LogP contribution is -2.25. The van der Waals surface area contributed by atoms with E-state index in [9.17, 15) is 4.79 Å². The van der Waals surface area contributed by atoms with Crippen LogP contribution in [0.4, 0.5) is 0 Å². The Morgan fingerprint density at radius 1 is 1.23 bits per heavy atom. The van der Waals surface area contributed by atoms with Crippen LogP contribution in [0.5, 0.6) is 5.75 Å². The number of unbranched alkanes of at least 4 members (excludes halogenated alkanes) is 1. The molecule has 1 aliphatic rings. The monoisotopic (exact) mass is 321 g/mol. The molecule has 0 radical (unpaired) electrons. The van der Waals surface area contributed by atoms with Crippen molar-refractivity contribution in [1.82, 2.24) is 4.90 Å². The highest BCUT2D eigenvalue weighted by molar-refractivity contribution is 6.45. The van der Waals surface area contributed by atoms with E-state index in [4.69, 9.17) is 16.3 Å². The number of hydrogen-bond acceptors (Lipinski definition) is 3. The van der Waals surface area contributed by atoms with Gasteiger partial charge >= 0.3 is 0 Å². The Hall–Kier alpha value is -1.48. The Balaban J connectivity index is 1.94. The van der Waals surface area contributed by atoms with Crippen LogP contribution in [0.15, 0.2) is 35.5 Å². The molecule has 0 spiro atoms. The molecule has 120 valence electrons. The van der Waals surface area contributed by atoms with Crippen molar-refractivity contribution in [3.05, 3.63) is 41.1 Å². The summed E-state index contributed by atoms with van der Waals surface area (Å²) in [5.74, 6) is 0.661. The number of allylic oxidation sites excluding steroid dienone is 1. The molecule has 0 aromatic heterocycles. The Morgan fingerprint density at radius 3 is 2.55 bits per heavy atom. The lowest BCUT2D eigenvalue weighted by atomic mass is 10.1. The molecule has 0 bridgehead atoms. The van der Waals surface area contributed by atoms with Gasteiger partial charge in [-0.2, -0.15) is 0 Å². The molecule has 0 atom stereocenters. The number of hydrogen-bond donors (Lipinski definition) is 0. The first-order valence-corrected chi connectivity index (χ1v) is 8.47. The number of carbonyl (C=O) groups is 1. The summed E-state index contributed by atoms with van der Waals surface area (Å²) in [4.78, 5) is 14.5. The number of Topliss-reactive ketones (excluding diaryl/α,β-unsaturated/α-hetero) is 1. The highest BCUT2D eigenvalue weighted by atomic mass is 35.5. The number of benzene rings is 1. The number of ether oxygens (including phenoxy) is 1. The van der Waals surface area contributed by atoms with Crippen molar-refractivity contribution in [2.75, 3.05) is 19.7 Å². The molecule has 1 fully saturated rings. The summed E-state index contributed by atoms with van der Waals surface area (Å²) < 4.78 is 5.60. The highest BCUT2D eigenvalue weighted by Gasteiger charge is 2.13. The summed E-state index contributed by atoms with van der Waals surface area (Å²) in [7, 11) is 0. The van der Waals surface area contributed by atoms with Crippen LogP contribution >= 0.6 is 11.6 Å². The average molecular weight is 322 g/mol. The van der Waals surface area contributed by atoms with Crippen LogP contribution in [0, 0.1) is 0 Å². The second-order valence-corrected chi connectivity index (χ2v) is 6.04. The molecule has 1 aromatic carbocycles. The molecular formula is C18H24ClNO2. The average Bonchev–Trinajstić information content (AvgIpc) is 2.56. The Morgan fingerprint density at radius 2 is 1.91 bits per heavy atom. The van der Waals surface area contributed by atoms with Crippen LogP contribution in [0.25, 0.3) is 0 Å². The third-order valence-electron chi connectivity index (χ3n) is 3.79. The van der Waals surface area contributed by atoms with Gasteiger partial charge in [-0.1, -0.05) is 24.9 Å². The minimum absolute atomic E-state index is 0.132. The third-order valence-corrected chi connectivity index (χ3v) is 4.06. The topological polar surface area (TPSA) is 29.5 Å². The molecule has 0 unspecified atom stereocenters. The summed E-state index contributed by atoms with van der Waals surface area (Å²) in [6.07, 6.45) is 7.51. The van der Waals surface area contributed by atoms with Crippen LogP contribution in [0.2, 0.25) is 0 Å². The van der Waals surface area contributed by atoms with Gasteiger partial charge in [0.25, 0.3) is 0 Å². The first-order chi connectivity index (χ1) is 10.7. The zero-order chi connectivity index (χ0) is 15.8. The van der Waals surface area contributed by atoms with Gasteiger partial charge in [0, 0.05) is 24.9 Å². The summed E-state index contributed by atoms with van der Waals surface area (Å²) in [6, 6.07) is 7.20. The molecule has 3 nitrogen and oxygen atoms in total. The van der Waals surface area contributed by atoms with Crippen LogP contribution < -0.4 is 4.74 Å². The molecule has 0 aliphatic carbocycles. The first-order valence-electron chi connectivity index (χ1n) is 8.09. The van der Waals surface area contributed by atoms with E-state index < -0.39 is 0 Å². The molecule has 1 aliphatic heterocycles. The summed E-state index contributed by atoms with van der Waals surface area (Å²) in [6.45, 7) is 4.79. The zero-order valence-corrected chi connectivity index (χ0v) is 13.9. The fourth-order valence-electron chi connectivity index (χ4n) is 2.44. The van der Waals surface area contributed by atoms with Crippen molar-refractivity contribution in [3.63, 3.8) is 0 Å². The molecule has 0 saturated carbocycles. The number of halogens is 1. The van der Waals surface area contributed by atoms with Crippen molar-refractivity contribution < 1.29 is 9.53 Å². The van der Waals surface area contributed by atoms with Crippen molar-refractivity contribution in [2.45, 2.75) is 39.0 Å². The standard InChI is InChI=1S/C18H24ClNO2/c1-2-3-13-22-16-9-7-15(8-10-16)18(21)17(19)14-20-11-5-4-6-12-20/h7-10,14H,2-6,11-13H2,1H3/b17-14-. The largest absolute Gasteiger partial charge is 0.494 e. The van der Waals surface area contributed by atoms with Gasteiger partial charge in [0.2, 0.25) is 5.78 Å². The van der Waals surface area contributed by atoms with Gasteiger partial charge in [-0.15, -0.1) is 0 Å². The van der Waals surface area contributed by atoms with Crippen molar-refractivity contribution >= 4 is 17.4 Å². The van der Waals surface area contributed by atoms with E-state index in [1.54, 1.807) is 18.3 Å². The maximum absolute atomic E-state index is 12.3. The zero-order valence-electron chi connectivity index (χ0n) is 13.2. The Bertz CT molecular complexity index is 504. The van der Waals surface area contributed by atoms with Crippen LogP contribution in [0.1, 0.15) is 49.4 Å². The van der Waals surface area contributed by atoms with Crippen molar-refractivity contribution in [3.8, 4) is 5.75 Å². The number of nitrogens with zero attached hydrogens (tertiary/aromatic N) is 1. The highest BCUT2D eigenvalue weighted by Crippen LogP contribution is 2.19. The van der Waals surface area contributed by atoms with Gasteiger partial charge in [-0.05, 0) is 49.9 Å². The quantitative estimate of drug-likeness (QED) is 0.417. The lowest BCUT2D eigenvalue weighted by molar-refractivity contribution is 0.103.